The molecule has 6 nitrogen and oxygen atoms in total. The fourth-order valence-corrected chi connectivity index (χ4v) is 3.86. The number of benzene rings is 2. The van der Waals surface area contributed by atoms with E-state index >= 15 is 0 Å². The fourth-order valence-electron chi connectivity index (χ4n) is 3.86. The van der Waals surface area contributed by atoms with Gasteiger partial charge in [0.15, 0.2) is 11.3 Å². The van der Waals surface area contributed by atoms with Crippen LogP contribution in [0.1, 0.15) is 42.6 Å². The number of pyridine rings is 1. The Morgan fingerprint density at radius 3 is 2.55 bits per heavy atom. The lowest BCUT2D eigenvalue weighted by Gasteiger charge is -2.19. The summed E-state index contributed by atoms with van der Waals surface area (Å²) in [6, 6.07) is 17.3. The Labute approximate surface area is 193 Å². The van der Waals surface area contributed by atoms with Gasteiger partial charge >= 0.3 is 0 Å². The van der Waals surface area contributed by atoms with Crippen molar-refractivity contribution in [2.24, 2.45) is 5.73 Å². The Kier molecular flexibility index (Phi) is 6.20. The number of carbonyl (C=O) groups excluding carboxylic acids is 1. The highest BCUT2D eigenvalue weighted by molar-refractivity contribution is 6.13. The topological polar surface area (TPSA) is 90.4 Å². The van der Waals surface area contributed by atoms with Crippen LogP contribution in [0.2, 0.25) is 0 Å². The minimum absolute atomic E-state index is 0.0353. The van der Waals surface area contributed by atoms with Crippen LogP contribution in [0, 0.1) is 0 Å². The van der Waals surface area contributed by atoms with Crippen molar-refractivity contribution >= 4 is 22.6 Å². The quantitative estimate of drug-likeness (QED) is 0.407. The van der Waals surface area contributed by atoms with E-state index in [1.54, 1.807) is 13.3 Å². The maximum absolute atomic E-state index is 13.4. The van der Waals surface area contributed by atoms with Crippen molar-refractivity contribution < 1.29 is 13.9 Å². The number of hydrogen-bond donors (Lipinski definition) is 2. The van der Waals surface area contributed by atoms with E-state index in [1.165, 1.54) is 5.56 Å². The number of para-hydroxylation sites is 1. The largest absolute Gasteiger partial charge is 0.493 e. The molecule has 0 unspecified atom stereocenters. The van der Waals surface area contributed by atoms with Gasteiger partial charge in [0.25, 0.3) is 5.91 Å². The Balaban J connectivity index is 1.79. The van der Waals surface area contributed by atoms with Gasteiger partial charge in [0.2, 0.25) is 5.76 Å². The minimum atomic E-state index is -0.330. The molecule has 2 aromatic carbocycles. The second-order valence-electron chi connectivity index (χ2n) is 9.00. The first-order valence-electron chi connectivity index (χ1n) is 11.0. The molecule has 0 fully saturated rings. The third-order valence-electron chi connectivity index (χ3n) is 5.62. The number of ether oxygens (including phenoxy) is 1. The molecule has 3 N–H and O–H groups in total. The van der Waals surface area contributed by atoms with Crippen molar-refractivity contribution in [1.29, 1.82) is 0 Å². The molecule has 0 aliphatic heterocycles. The molecule has 4 rings (SSSR count). The summed E-state index contributed by atoms with van der Waals surface area (Å²) in [6.45, 7) is 6.96. The molecular formula is C27H29N3O3. The van der Waals surface area contributed by atoms with Crippen molar-refractivity contribution in [2.75, 3.05) is 19.0 Å². The number of methoxy groups -OCH3 is 1. The first kappa shape index (κ1) is 22.6. The Morgan fingerprint density at radius 2 is 1.88 bits per heavy atom. The zero-order valence-electron chi connectivity index (χ0n) is 19.4. The van der Waals surface area contributed by atoms with Crippen molar-refractivity contribution in [3.8, 4) is 16.9 Å². The standard InChI is InChI=1S/C27H29N3O3/c1-27(2,3)18-8-10-19(11-9-18)30-26(31)25-23(17-13-15-29-20(16-17)12-14-28)21-6-5-7-22(32-4)24(21)33-25/h5-11,13,15-16H,12,14,28H2,1-4H3,(H,30,31). The summed E-state index contributed by atoms with van der Waals surface area (Å²) >= 11 is 0. The number of furan rings is 1. The van der Waals surface area contributed by atoms with Crippen LogP contribution >= 0.6 is 0 Å². The summed E-state index contributed by atoms with van der Waals surface area (Å²) in [5, 5.41) is 3.77. The number of aromatic nitrogens is 1. The number of nitrogens with one attached hydrogen (secondary N) is 1. The third kappa shape index (κ3) is 4.61. The maximum atomic E-state index is 13.4. The second-order valence-corrected chi connectivity index (χ2v) is 9.00. The van der Waals surface area contributed by atoms with Gasteiger partial charge in [-0.2, -0.15) is 0 Å². The molecule has 0 saturated carbocycles. The highest BCUT2D eigenvalue weighted by atomic mass is 16.5. The van der Waals surface area contributed by atoms with Crippen molar-refractivity contribution in [2.45, 2.75) is 32.6 Å². The number of rotatable bonds is 6. The van der Waals surface area contributed by atoms with Crippen LogP contribution in [-0.2, 0) is 11.8 Å². The van der Waals surface area contributed by atoms with Crippen LogP contribution in [0.15, 0.2) is 65.2 Å². The van der Waals surface area contributed by atoms with Gasteiger partial charge in [-0.3, -0.25) is 9.78 Å². The molecule has 0 atom stereocenters. The molecule has 6 heteroatoms. The molecule has 4 aromatic rings. The average Bonchev–Trinajstić information content (AvgIpc) is 3.19. The van der Waals surface area contributed by atoms with E-state index in [2.05, 4.69) is 31.1 Å². The molecule has 1 amide bonds. The maximum Gasteiger partial charge on any atom is 0.292 e. The van der Waals surface area contributed by atoms with Gasteiger partial charge < -0.3 is 20.2 Å². The monoisotopic (exact) mass is 443 g/mol. The average molecular weight is 444 g/mol. The van der Waals surface area contributed by atoms with Gasteiger partial charge in [-0.15, -0.1) is 0 Å². The van der Waals surface area contributed by atoms with Gasteiger partial charge in [-0.25, -0.2) is 0 Å². The number of fused-ring (bicyclic) bond motifs is 1. The minimum Gasteiger partial charge on any atom is -0.493 e. The first-order chi connectivity index (χ1) is 15.8. The molecule has 0 spiro atoms. The lowest BCUT2D eigenvalue weighted by atomic mass is 9.87. The molecule has 0 aliphatic carbocycles. The molecular weight excluding hydrogens is 414 g/mol. The molecule has 170 valence electrons. The number of hydrogen-bond acceptors (Lipinski definition) is 5. The van der Waals surface area contributed by atoms with Crippen LogP contribution in [-0.4, -0.2) is 24.5 Å². The van der Waals surface area contributed by atoms with E-state index in [0.717, 1.165) is 16.6 Å². The Morgan fingerprint density at radius 1 is 1.12 bits per heavy atom. The van der Waals surface area contributed by atoms with Crippen LogP contribution in [0.3, 0.4) is 0 Å². The van der Waals surface area contributed by atoms with Gasteiger partial charge in [0.1, 0.15) is 0 Å². The van der Waals surface area contributed by atoms with Crippen LogP contribution in [0.25, 0.3) is 22.1 Å². The number of nitrogens with two attached hydrogens (primary N) is 1. The summed E-state index contributed by atoms with van der Waals surface area (Å²) < 4.78 is 11.6. The lowest BCUT2D eigenvalue weighted by Crippen LogP contribution is -2.14. The molecule has 0 radical (unpaired) electrons. The first-order valence-corrected chi connectivity index (χ1v) is 11.0. The van der Waals surface area contributed by atoms with Crippen molar-refractivity contribution in [1.82, 2.24) is 4.98 Å². The molecule has 2 heterocycles. The molecule has 2 aromatic heterocycles. The van der Waals surface area contributed by atoms with Crippen LogP contribution in [0.5, 0.6) is 5.75 Å². The van der Waals surface area contributed by atoms with E-state index in [1.807, 2.05) is 54.6 Å². The predicted octanol–water partition coefficient (Wildman–Crippen LogP) is 5.55. The van der Waals surface area contributed by atoms with E-state index < -0.39 is 0 Å². The van der Waals surface area contributed by atoms with E-state index in [0.29, 0.717) is 35.5 Å². The summed E-state index contributed by atoms with van der Waals surface area (Å²) in [5.41, 5.74) is 10.6. The zero-order chi connectivity index (χ0) is 23.6. The van der Waals surface area contributed by atoms with Crippen molar-refractivity contribution in [3.05, 3.63) is 77.8 Å². The van der Waals surface area contributed by atoms with E-state index in [9.17, 15) is 4.79 Å². The summed E-state index contributed by atoms with van der Waals surface area (Å²) in [7, 11) is 1.58. The summed E-state index contributed by atoms with van der Waals surface area (Å²) in [4.78, 5) is 17.8. The number of nitrogens with zero attached hydrogens (tertiary/aromatic N) is 1. The van der Waals surface area contributed by atoms with Crippen LogP contribution in [0.4, 0.5) is 5.69 Å². The molecule has 0 aliphatic rings. The third-order valence-corrected chi connectivity index (χ3v) is 5.62. The number of anilines is 1. The molecule has 0 saturated heterocycles. The van der Waals surface area contributed by atoms with Gasteiger partial charge in [-0.05, 0) is 53.4 Å². The fraction of sp³-hybridized carbons (Fsp3) is 0.259. The van der Waals surface area contributed by atoms with Gasteiger partial charge in [0.05, 0.1) is 7.11 Å². The molecule has 0 bridgehead atoms. The summed E-state index contributed by atoms with van der Waals surface area (Å²) in [5.74, 6) is 0.460. The molecule has 33 heavy (non-hydrogen) atoms. The van der Waals surface area contributed by atoms with Gasteiger partial charge in [0, 0.05) is 34.9 Å². The Hall–Kier alpha value is -3.64. The highest BCUT2D eigenvalue weighted by Gasteiger charge is 2.24. The lowest BCUT2D eigenvalue weighted by molar-refractivity contribution is 0.0999. The highest BCUT2D eigenvalue weighted by Crippen LogP contribution is 2.39. The van der Waals surface area contributed by atoms with Gasteiger partial charge in [-0.1, -0.05) is 45.0 Å². The normalized spacial score (nSPS) is 11.5. The van der Waals surface area contributed by atoms with Crippen molar-refractivity contribution in [3.63, 3.8) is 0 Å². The second kappa shape index (κ2) is 9.08. The van der Waals surface area contributed by atoms with E-state index in [-0.39, 0.29) is 17.1 Å². The number of amides is 1. The number of carbonyl (C=O) groups is 1. The Bertz CT molecular complexity index is 1280. The summed E-state index contributed by atoms with van der Waals surface area (Å²) in [6.07, 6.45) is 2.38. The zero-order valence-corrected chi connectivity index (χ0v) is 19.4. The predicted molar refractivity (Wildman–Crippen MR) is 132 cm³/mol. The SMILES string of the molecule is COc1cccc2c(-c3ccnc(CCN)c3)c(C(=O)Nc3ccc(C(C)(C)C)cc3)oc12. The van der Waals surface area contributed by atoms with Crippen LogP contribution < -0.4 is 15.8 Å². The van der Waals surface area contributed by atoms with E-state index in [4.69, 9.17) is 14.9 Å². The smallest absolute Gasteiger partial charge is 0.292 e.